The van der Waals surface area contributed by atoms with Crippen LogP contribution < -0.4 is 0 Å². The molecule has 1 aliphatic heterocycles. The third-order valence-electron chi connectivity index (χ3n) is 3.97. The van der Waals surface area contributed by atoms with Crippen LogP contribution in [-0.4, -0.2) is 40.8 Å². The second-order valence-electron chi connectivity index (χ2n) is 5.69. The van der Waals surface area contributed by atoms with Crippen LogP contribution in [0, 0.1) is 5.92 Å². The zero-order chi connectivity index (χ0) is 16.1. The van der Waals surface area contributed by atoms with E-state index in [2.05, 4.69) is 15.1 Å². The minimum absolute atomic E-state index is 0.0554. The van der Waals surface area contributed by atoms with Crippen molar-refractivity contribution in [1.29, 1.82) is 0 Å². The highest BCUT2D eigenvalue weighted by atomic mass is 16.5. The Hall–Kier alpha value is -2.21. The summed E-state index contributed by atoms with van der Waals surface area (Å²) in [6, 6.07) is 9.70. The van der Waals surface area contributed by atoms with Gasteiger partial charge < -0.3 is 9.15 Å². The molecule has 3 rings (SSSR count). The van der Waals surface area contributed by atoms with Crippen LogP contribution in [0.15, 0.2) is 34.7 Å². The third-order valence-corrected chi connectivity index (χ3v) is 3.97. The lowest BCUT2D eigenvalue weighted by atomic mass is 9.98. The monoisotopic (exact) mass is 315 g/mol. The molecular formula is C17H21N3O3. The van der Waals surface area contributed by atoms with Crippen LogP contribution in [0.1, 0.15) is 25.7 Å². The van der Waals surface area contributed by atoms with Crippen molar-refractivity contribution in [3.05, 3.63) is 36.2 Å². The summed E-state index contributed by atoms with van der Waals surface area (Å²) >= 11 is 0. The van der Waals surface area contributed by atoms with Crippen LogP contribution >= 0.6 is 0 Å². The quantitative estimate of drug-likeness (QED) is 0.790. The summed E-state index contributed by atoms with van der Waals surface area (Å²) in [6.45, 7) is 4.44. The van der Waals surface area contributed by atoms with Crippen molar-refractivity contribution in [2.24, 2.45) is 5.92 Å². The van der Waals surface area contributed by atoms with Gasteiger partial charge in [0.15, 0.2) is 0 Å². The average Bonchev–Trinajstić information content (AvgIpc) is 3.05. The molecule has 0 unspecified atom stereocenters. The molecule has 1 atom stereocenters. The number of hydrogen-bond acceptors (Lipinski definition) is 6. The summed E-state index contributed by atoms with van der Waals surface area (Å²) in [5.41, 5.74) is 0.911. The van der Waals surface area contributed by atoms with Gasteiger partial charge in [-0.3, -0.25) is 9.69 Å². The first kappa shape index (κ1) is 15.7. The van der Waals surface area contributed by atoms with Crippen LogP contribution in [0.25, 0.3) is 11.5 Å². The zero-order valence-corrected chi connectivity index (χ0v) is 13.3. The second kappa shape index (κ2) is 7.37. The molecule has 0 amide bonds. The number of carbonyl (C=O) groups is 1. The van der Waals surface area contributed by atoms with Crippen molar-refractivity contribution in [2.75, 3.05) is 19.7 Å². The van der Waals surface area contributed by atoms with E-state index < -0.39 is 0 Å². The fourth-order valence-corrected chi connectivity index (χ4v) is 2.86. The molecule has 0 radical (unpaired) electrons. The number of likely N-dealkylation sites (tertiary alicyclic amines) is 1. The molecule has 2 aromatic rings. The van der Waals surface area contributed by atoms with Gasteiger partial charge in [0.1, 0.15) is 0 Å². The fourth-order valence-electron chi connectivity index (χ4n) is 2.86. The Bertz CT molecular complexity index is 642. The van der Waals surface area contributed by atoms with E-state index in [4.69, 9.17) is 9.15 Å². The smallest absolute Gasteiger partial charge is 0.310 e. The largest absolute Gasteiger partial charge is 0.466 e. The van der Waals surface area contributed by atoms with Gasteiger partial charge in [-0.05, 0) is 38.4 Å². The summed E-state index contributed by atoms with van der Waals surface area (Å²) in [5, 5.41) is 8.22. The molecule has 1 saturated heterocycles. The van der Waals surface area contributed by atoms with Gasteiger partial charge in [-0.15, -0.1) is 10.2 Å². The fraction of sp³-hybridized carbons (Fsp3) is 0.471. The minimum atomic E-state index is -0.104. The van der Waals surface area contributed by atoms with E-state index in [0.717, 1.165) is 24.9 Å². The van der Waals surface area contributed by atoms with Crippen molar-refractivity contribution in [3.8, 4) is 11.5 Å². The lowest BCUT2D eigenvalue weighted by Gasteiger charge is -2.30. The Morgan fingerprint density at radius 3 is 2.96 bits per heavy atom. The Morgan fingerprint density at radius 1 is 1.35 bits per heavy atom. The SMILES string of the molecule is CCOC(=O)[C@@H]1CCCN(Cc2nnc(-c3ccccc3)o2)C1. The predicted molar refractivity (Wildman–Crippen MR) is 84.4 cm³/mol. The van der Waals surface area contributed by atoms with Crippen LogP contribution in [0.5, 0.6) is 0 Å². The molecule has 0 bridgehead atoms. The molecule has 1 aromatic heterocycles. The molecule has 0 aliphatic carbocycles. The van der Waals surface area contributed by atoms with Gasteiger partial charge in [-0.1, -0.05) is 18.2 Å². The number of esters is 1. The van der Waals surface area contributed by atoms with Gasteiger partial charge in [0.2, 0.25) is 11.8 Å². The maximum atomic E-state index is 11.9. The molecule has 0 saturated carbocycles. The lowest BCUT2D eigenvalue weighted by Crippen LogP contribution is -2.39. The van der Waals surface area contributed by atoms with Crippen LogP contribution in [-0.2, 0) is 16.1 Å². The van der Waals surface area contributed by atoms with E-state index in [-0.39, 0.29) is 11.9 Å². The number of piperidine rings is 1. The first-order chi connectivity index (χ1) is 11.3. The van der Waals surface area contributed by atoms with Gasteiger partial charge in [-0.2, -0.15) is 0 Å². The molecule has 6 heteroatoms. The van der Waals surface area contributed by atoms with Gasteiger partial charge >= 0.3 is 5.97 Å². The Balaban J connectivity index is 1.61. The molecule has 2 heterocycles. The van der Waals surface area contributed by atoms with Crippen molar-refractivity contribution in [3.63, 3.8) is 0 Å². The second-order valence-corrected chi connectivity index (χ2v) is 5.69. The van der Waals surface area contributed by atoms with E-state index in [1.165, 1.54) is 0 Å². The summed E-state index contributed by atoms with van der Waals surface area (Å²) in [5.74, 6) is 0.945. The lowest BCUT2D eigenvalue weighted by molar-refractivity contribution is -0.150. The Kier molecular flexibility index (Phi) is 5.02. The summed E-state index contributed by atoms with van der Waals surface area (Å²) < 4.78 is 10.9. The van der Waals surface area contributed by atoms with Crippen LogP contribution in [0.4, 0.5) is 0 Å². The molecule has 1 fully saturated rings. The molecular weight excluding hydrogens is 294 g/mol. The Morgan fingerprint density at radius 2 is 2.17 bits per heavy atom. The molecule has 0 N–H and O–H groups in total. The number of nitrogens with zero attached hydrogens (tertiary/aromatic N) is 3. The van der Waals surface area contributed by atoms with Crippen LogP contribution in [0.2, 0.25) is 0 Å². The van der Waals surface area contributed by atoms with Crippen LogP contribution in [0.3, 0.4) is 0 Å². The van der Waals surface area contributed by atoms with E-state index in [1.54, 1.807) is 0 Å². The van der Waals surface area contributed by atoms with Gasteiger partial charge in [-0.25, -0.2) is 0 Å². The van der Waals surface area contributed by atoms with E-state index in [0.29, 0.717) is 31.5 Å². The van der Waals surface area contributed by atoms with Crippen molar-refractivity contribution in [1.82, 2.24) is 15.1 Å². The number of benzene rings is 1. The Labute approximate surface area is 135 Å². The first-order valence-electron chi connectivity index (χ1n) is 8.03. The maximum Gasteiger partial charge on any atom is 0.310 e. The van der Waals surface area contributed by atoms with Crippen molar-refractivity contribution >= 4 is 5.97 Å². The minimum Gasteiger partial charge on any atom is -0.466 e. The number of ether oxygens (including phenoxy) is 1. The first-order valence-corrected chi connectivity index (χ1v) is 8.03. The predicted octanol–water partition coefficient (Wildman–Crippen LogP) is 2.51. The van der Waals surface area contributed by atoms with E-state index in [1.807, 2.05) is 37.3 Å². The summed E-state index contributed by atoms with van der Waals surface area (Å²) in [4.78, 5) is 14.1. The highest BCUT2D eigenvalue weighted by Crippen LogP contribution is 2.21. The molecule has 1 aromatic carbocycles. The topological polar surface area (TPSA) is 68.5 Å². The van der Waals surface area contributed by atoms with Gasteiger partial charge in [0.05, 0.1) is 19.1 Å². The normalized spacial score (nSPS) is 18.7. The molecule has 1 aliphatic rings. The van der Waals surface area contributed by atoms with E-state index >= 15 is 0 Å². The molecule has 122 valence electrons. The average molecular weight is 315 g/mol. The number of carbonyl (C=O) groups excluding carboxylic acids is 1. The number of rotatable bonds is 5. The standard InChI is InChI=1S/C17H21N3O3/c1-2-22-17(21)14-9-6-10-20(11-14)12-15-18-19-16(23-15)13-7-4-3-5-8-13/h3-5,7-8,14H,2,6,9-12H2,1H3/t14-/m1/s1. The summed E-state index contributed by atoms with van der Waals surface area (Å²) in [7, 11) is 0. The number of hydrogen-bond donors (Lipinski definition) is 0. The maximum absolute atomic E-state index is 11.9. The van der Waals surface area contributed by atoms with Gasteiger partial charge in [0.25, 0.3) is 0 Å². The number of aromatic nitrogens is 2. The van der Waals surface area contributed by atoms with Crippen molar-refractivity contribution < 1.29 is 13.9 Å². The molecule has 6 nitrogen and oxygen atoms in total. The van der Waals surface area contributed by atoms with E-state index in [9.17, 15) is 4.79 Å². The van der Waals surface area contributed by atoms with Crippen molar-refractivity contribution in [2.45, 2.75) is 26.3 Å². The molecule has 23 heavy (non-hydrogen) atoms. The highest BCUT2D eigenvalue weighted by molar-refractivity contribution is 5.72. The third kappa shape index (κ3) is 3.96. The summed E-state index contributed by atoms with van der Waals surface area (Å²) in [6.07, 6.45) is 1.86. The van der Waals surface area contributed by atoms with Gasteiger partial charge in [0, 0.05) is 12.1 Å². The highest BCUT2D eigenvalue weighted by Gasteiger charge is 2.27. The zero-order valence-electron chi connectivity index (χ0n) is 13.3. The molecule has 0 spiro atoms.